The van der Waals surface area contributed by atoms with Crippen LogP contribution in [0.2, 0.25) is 0 Å². The monoisotopic (exact) mass is 295 g/mol. The van der Waals surface area contributed by atoms with E-state index < -0.39 is 0 Å². The molecule has 2 rings (SSSR count). The molecule has 1 aliphatic heterocycles. The van der Waals surface area contributed by atoms with E-state index in [4.69, 9.17) is 4.74 Å². The van der Waals surface area contributed by atoms with Gasteiger partial charge in [0.2, 0.25) is 0 Å². The predicted molar refractivity (Wildman–Crippen MR) is 86.5 cm³/mol. The van der Waals surface area contributed by atoms with E-state index in [1.54, 1.807) is 7.11 Å². The Morgan fingerprint density at radius 3 is 2.70 bits per heavy atom. The molecule has 5 heteroatoms. The fourth-order valence-corrected chi connectivity index (χ4v) is 3.81. The van der Waals surface area contributed by atoms with Crippen molar-refractivity contribution in [1.82, 2.24) is 10.3 Å². The summed E-state index contributed by atoms with van der Waals surface area (Å²) in [5.74, 6) is 1.10. The number of hydrogen-bond acceptors (Lipinski definition) is 5. The van der Waals surface area contributed by atoms with Crippen LogP contribution >= 0.6 is 11.8 Å². The second kappa shape index (κ2) is 7.86. The highest BCUT2D eigenvalue weighted by Gasteiger charge is 2.22. The highest BCUT2D eigenvalue weighted by molar-refractivity contribution is 8.00. The SMILES string of the molecule is COCCNCc1ccc(N2CC(C)SC(C)C2)nc1. The quantitative estimate of drug-likeness (QED) is 0.814. The molecular weight excluding hydrogens is 270 g/mol. The summed E-state index contributed by atoms with van der Waals surface area (Å²) in [5.41, 5.74) is 1.22. The van der Waals surface area contributed by atoms with Gasteiger partial charge >= 0.3 is 0 Å². The molecule has 112 valence electrons. The summed E-state index contributed by atoms with van der Waals surface area (Å²) < 4.78 is 5.01. The number of methoxy groups -OCH3 is 1. The van der Waals surface area contributed by atoms with Crippen LogP contribution < -0.4 is 10.2 Å². The van der Waals surface area contributed by atoms with Crippen LogP contribution in [0.25, 0.3) is 0 Å². The zero-order valence-corrected chi connectivity index (χ0v) is 13.4. The van der Waals surface area contributed by atoms with Crippen molar-refractivity contribution in [1.29, 1.82) is 0 Å². The lowest BCUT2D eigenvalue weighted by atomic mass is 10.2. The summed E-state index contributed by atoms with van der Waals surface area (Å²) in [5, 5.41) is 4.69. The van der Waals surface area contributed by atoms with E-state index in [2.05, 4.69) is 52.9 Å². The number of thioether (sulfide) groups is 1. The lowest BCUT2D eigenvalue weighted by Gasteiger charge is -2.35. The zero-order chi connectivity index (χ0) is 14.4. The van der Waals surface area contributed by atoms with E-state index >= 15 is 0 Å². The van der Waals surface area contributed by atoms with Gasteiger partial charge in [0.15, 0.2) is 0 Å². The van der Waals surface area contributed by atoms with Crippen molar-refractivity contribution in [2.24, 2.45) is 0 Å². The molecule has 0 spiro atoms. The molecule has 0 bridgehead atoms. The van der Waals surface area contributed by atoms with Crippen molar-refractivity contribution in [3.8, 4) is 0 Å². The van der Waals surface area contributed by atoms with Gasteiger partial charge in [-0.1, -0.05) is 19.9 Å². The number of nitrogens with zero attached hydrogens (tertiary/aromatic N) is 2. The number of pyridine rings is 1. The third-order valence-electron chi connectivity index (χ3n) is 3.36. The predicted octanol–water partition coefficient (Wildman–Crippen LogP) is 2.15. The van der Waals surface area contributed by atoms with Gasteiger partial charge in [-0.15, -0.1) is 0 Å². The second-order valence-electron chi connectivity index (χ2n) is 5.36. The molecule has 4 nitrogen and oxygen atoms in total. The summed E-state index contributed by atoms with van der Waals surface area (Å²) >= 11 is 2.07. The third-order valence-corrected chi connectivity index (χ3v) is 4.59. The van der Waals surface area contributed by atoms with Crippen molar-refractivity contribution in [3.05, 3.63) is 23.9 Å². The molecule has 1 aromatic heterocycles. The maximum absolute atomic E-state index is 5.01. The first-order chi connectivity index (χ1) is 9.69. The Morgan fingerprint density at radius 1 is 1.35 bits per heavy atom. The molecule has 0 aliphatic carbocycles. The Labute approximate surface area is 126 Å². The average Bonchev–Trinajstić information content (AvgIpc) is 2.43. The number of aromatic nitrogens is 1. The molecule has 0 saturated carbocycles. The Kier molecular flexibility index (Phi) is 6.13. The summed E-state index contributed by atoms with van der Waals surface area (Å²) in [4.78, 5) is 7.01. The first-order valence-electron chi connectivity index (χ1n) is 7.24. The van der Waals surface area contributed by atoms with Gasteiger partial charge in [-0.25, -0.2) is 4.98 Å². The first kappa shape index (κ1) is 15.6. The first-order valence-corrected chi connectivity index (χ1v) is 8.18. The maximum atomic E-state index is 5.01. The molecule has 1 N–H and O–H groups in total. The standard InChI is InChI=1S/C15H25N3OS/c1-12-10-18(11-13(2)20-12)15-5-4-14(9-17-15)8-16-6-7-19-3/h4-5,9,12-13,16H,6-8,10-11H2,1-3H3. The van der Waals surface area contributed by atoms with Crippen LogP contribution in [-0.4, -0.2) is 48.8 Å². The van der Waals surface area contributed by atoms with Crippen LogP contribution in [0.3, 0.4) is 0 Å². The van der Waals surface area contributed by atoms with Gasteiger partial charge in [0.1, 0.15) is 5.82 Å². The molecule has 0 amide bonds. The van der Waals surface area contributed by atoms with E-state index in [0.717, 1.165) is 38.6 Å². The Balaban J connectivity index is 1.87. The minimum Gasteiger partial charge on any atom is -0.383 e. The molecule has 0 radical (unpaired) electrons. The number of rotatable bonds is 6. The fourth-order valence-electron chi connectivity index (χ4n) is 2.48. The lowest BCUT2D eigenvalue weighted by molar-refractivity contribution is 0.199. The summed E-state index contributed by atoms with van der Waals surface area (Å²) in [6.07, 6.45) is 1.98. The average molecular weight is 295 g/mol. The van der Waals surface area contributed by atoms with Gasteiger partial charge in [-0.05, 0) is 11.6 Å². The Bertz CT molecular complexity index is 389. The van der Waals surface area contributed by atoms with Crippen molar-refractivity contribution < 1.29 is 4.74 Å². The molecule has 1 aromatic rings. The van der Waals surface area contributed by atoms with E-state index in [-0.39, 0.29) is 0 Å². The lowest BCUT2D eigenvalue weighted by Crippen LogP contribution is -2.40. The summed E-state index contributed by atoms with van der Waals surface area (Å²) in [7, 11) is 1.72. The summed E-state index contributed by atoms with van der Waals surface area (Å²) in [6.45, 7) is 9.23. The molecule has 1 aliphatic rings. The molecule has 1 fully saturated rings. The minimum atomic E-state index is 0.677. The van der Waals surface area contributed by atoms with Crippen molar-refractivity contribution in [3.63, 3.8) is 0 Å². The maximum Gasteiger partial charge on any atom is 0.128 e. The number of anilines is 1. The topological polar surface area (TPSA) is 37.4 Å². The van der Waals surface area contributed by atoms with Gasteiger partial charge in [0.05, 0.1) is 6.61 Å². The molecule has 1 saturated heterocycles. The van der Waals surface area contributed by atoms with Gasteiger partial charge < -0.3 is 15.0 Å². The molecule has 2 heterocycles. The van der Waals surface area contributed by atoms with Crippen LogP contribution in [-0.2, 0) is 11.3 Å². The second-order valence-corrected chi connectivity index (χ2v) is 7.24. The Hall–Kier alpha value is -0.780. The van der Waals surface area contributed by atoms with Crippen LogP contribution in [0.4, 0.5) is 5.82 Å². The number of nitrogens with one attached hydrogen (secondary N) is 1. The van der Waals surface area contributed by atoms with Crippen LogP contribution in [0.5, 0.6) is 0 Å². The van der Waals surface area contributed by atoms with Gasteiger partial charge in [-0.2, -0.15) is 11.8 Å². The molecule has 2 unspecified atom stereocenters. The van der Waals surface area contributed by atoms with E-state index in [0.29, 0.717) is 10.5 Å². The molecule has 2 atom stereocenters. The van der Waals surface area contributed by atoms with E-state index in [1.165, 1.54) is 5.56 Å². The number of ether oxygens (including phenoxy) is 1. The zero-order valence-electron chi connectivity index (χ0n) is 12.6. The van der Waals surface area contributed by atoms with Crippen molar-refractivity contribution >= 4 is 17.6 Å². The van der Waals surface area contributed by atoms with Crippen LogP contribution in [0.1, 0.15) is 19.4 Å². The van der Waals surface area contributed by atoms with Crippen LogP contribution in [0.15, 0.2) is 18.3 Å². The largest absolute Gasteiger partial charge is 0.383 e. The van der Waals surface area contributed by atoms with Crippen molar-refractivity contribution in [2.45, 2.75) is 30.9 Å². The Morgan fingerprint density at radius 2 is 2.10 bits per heavy atom. The van der Waals surface area contributed by atoms with Crippen molar-refractivity contribution in [2.75, 3.05) is 38.3 Å². The van der Waals surface area contributed by atoms with E-state index in [1.807, 2.05) is 6.20 Å². The fraction of sp³-hybridized carbons (Fsp3) is 0.667. The van der Waals surface area contributed by atoms with Gasteiger partial charge in [-0.3, -0.25) is 0 Å². The smallest absolute Gasteiger partial charge is 0.128 e. The molecule has 0 aromatic carbocycles. The third kappa shape index (κ3) is 4.65. The summed E-state index contributed by atoms with van der Waals surface area (Å²) in [6, 6.07) is 4.31. The molecular formula is C15H25N3OS. The van der Waals surface area contributed by atoms with E-state index in [9.17, 15) is 0 Å². The molecule has 20 heavy (non-hydrogen) atoms. The van der Waals surface area contributed by atoms with Gasteiger partial charge in [0.25, 0.3) is 0 Å². The van der Waals surface area contributed by atoms with Crippen LogP contribution in [0, 0.1) is 0 Å². The van der Waals surface area contributed by atoms with Gasteiger partial charge in [0, 0.05) is 50.0 Å². The number of hydrogen-bond donors (Lipinski definition) is 1. The minimum absolute atomic E-state index is 0.677. The highest BCUT2D eigenvalue weighted by atomic mass is 32.2. The normalized spacial score (nSPS) is 23.1. The highest BCUT2D eigenvalue weighted by Crippen LogP contribution is 2.27.